The Kier molecular flexibility index (Phi) is 22.1. The summed E-state index contributed by atoms with van der Waals surface area (Å²) in [5, 5.41) is 7.89. The molecule has 0 radical (unpaired) electrons. The Morgan fingerprint density at radius 2 is 0.811 bits per heavy atom. The number of aromatic nitrogens is 5. The summed E-state index contributed by atoms with van der Waals surface area (Å²) in [6.45, 7) is 0. The lowest BCUT2D eigenvalue weighted by atomic mass is 9.95. The highest BCUT2D eigenvalue weighted by Crippen LogP contribution is 2.40. The molecule has 0 N–H and O–H groups in total. The minimum atomic E-state index is 0. The van der Waals surface area contributed by atoms with E-state index in [9.17, 15) is 0 Å². The molecule has 0 atom stereocenters. The summed E-state index contributed by atoms with van der Waals surface area (Å²) in [4.78, 5) is 31.1. The van der Waals surface area contributed by atoms with Gasteiger partial charge in [-0.1, -0.05) is 191 Å². The van der Waals surface area contributed by atoms with Gasteiger partial charge in [0.05, 0.1) is 11.4 Å². The number of nitrogens with zero attached hydrogens (tertiary/aromatic N) is 8. The molecule has 15 rings (SSSR count). The van der Waals surface area contributed by atoms with E-state index in [-0.39, 0.29) is 14.9 Å². The third-order valence-corrected chi connectivity index (χ3v) is 11.5. The Labute approximate surface area is 436 Å². The van der Waals surface area contributed by atoms with Gasteiger partial charge >= 0.3 is 0 Å². The van der Waals surface area contributed by atoms with Gasteiger partial charge in [-0.2, -0.15) is 0 Å². The van der Waals surface area contributed by atoms with Gasteiger partial charge in [0, 0.05) is 99.1 Å². The van der Waals surface area contributed by atoms with Gasteiger partial charge in [0.1, 0.15) is 6.33 Å². The summed E-state index contributed by atoms with van der Waals surface area (Å²) in [6, 6.07) is 66.9. The van der Waals surface area contributed by atoms with Crippen molar-refractivity contribution in [3.63, 3.8) is 0 Å². The molecule has 74 heavy (non-hydrogen) atoms. The minimum Gasteiger partial charge on any atom is -0.269 e. The normalized spacial score (nSPS) is 11.4. The van der Waals surface area contributed by atoms with E-state index in [1.165, 1.54) is 77.7 Å². The quantitative estimate of drug-likeness (QED) is 0.141. The highest BCUT2D eigenvalue weighted by molar-refractivity contribution is 6.16. The lowest BCUT2D eigenvalue weighted by molar-refractivity contribution is 1.17. The fourth-order valence-electron chi connectivity index (χ4n) is 8.17. The van der Waals surface area contributed by atoms with Crippen molar-refractivity contribution >= 4 is 62.3 Å². The first-order valence-electron chi connectivity index (χ1n) is 23.9. The average molecular weight is 967 g/mol. The molecule has 0 unspecified atom stereocenters. The number of aliphatic imine (C=N–C) groups is 3. The number of hydrogen-bond acceptors (Lipinski definition) is 8. The predicted octanol–water partition coefficient (Wildman–Crippen LogP) is 16.6. The summed E-state index contributed by atoms with van der Waals surface area (Å²) >= 11 is 0. The molecule has 0 bridgehead atoms. The van der Waals surface area contributed by atoms with Gasteiger partial charge in [0.25, 0.3) is 0 Å². The smallest absolute Gasteiger partial charge is 0.115 e. The Hall–Kier alpha value is -9.40. The molecule has 1 aliphatic carbocycles. The minimum absolute atomic E-state index is 0. The van der Waals surface area contributed by atoms with E-state index in [1.807, 2.05) is 61.1 Å². The van der Waals surface area contributed by atoms with Crippen LogP contribution in [0.25, 0.3) is 43.4 Å². The first-order valence-corrected chi connectivity index (χ1v) is 23.9. The molecule has 0 amide bonds. The van der Waals surface area contributed by atoms with Crippen LogP contribution < -0.4 is 0 Å². The van der Waals surface area contributed by atoms with Gasteiger partial charge in [-0.3, -0.25) is 29.9 Å². The van der Waals surface area contributed by atoms with Crippen molar-refractivity contribution in [3.8, 4) is 11.1 Å². The zero-order chi connectivity index (χ0) is 49.1. The van der Waals surface area contributed by atoms with Crippen LogP contribution >= 0.6 is 0 Å². The van der Waals surface area contributed by atoms with Crippen LogP contribution in [0.1, 0.15) is 43.5 Å². The molecule has 6 heterocycles. The van der Waals surface area contributed by atoms with E-state index in [1.54, 1.807) is 61.8 Å². The van der Waals surface area contributed by atoms with E-state index in [0.29, 0.717) is 0 Å². The number of pyridine rings is 1. The van der Waals surface area contributed by atoms with E-state index >= 15 is 0 Å². The maximum absolute atomic E-state index is 4.55. The zero-order valence-electron chi connectivity index (χ0n) is 40.0. The fraction of sp³-hybridized carbons (Fsp3) is 0.0909. The molecule has 3 aliphatic heterocycles. The van der Waals surface area contributed by atoms with Crippen molar-refractivity contribution in [2.24, 2.45) is 15.0 Å². The number of rotatable bonds is 0. The third kappa shape index (κ3) is 15.8. The van der Waals surface area contributed by atoms with Gasteiger partial charge in [0.15, 0.2) is 0 Å². The zero-order valence-corrected chi connectivity index (χ0v) is 40.0. The summed E-state index contributed by atoms with van der Waals surface area (Å²) in [5.41, 5.74) is 10.8. The molecule has 8 heteroatoms. The van der Waals surface area contributed by atoms with Gasteiger partial charge in [0.2, 0.25) is 0 Å². The standard InChI is InChI=1S/C16H11N.C13H10.C10H8.C8H7N.C5H5N.2C4H4N2.C4H5N.2CH4/c1-2-7-13-11(5-1)12-6-3-4-8-14(12)16-15(13)9-10-17-16;1-3-7-12-10(5-1)9-11-6-2-4-8-13(11)12;1-2-6-10-8-4-3-7-9(10)5-1;1-2-4-8-7(3-1)5-6-9-8;1-2-4-6-5-3-1;1-2-6-4-3-5-1;1-2-5-4-6-3-1;1-2-4-5-3-1;;/h1-8,10H,9H2;1-8H,9H2;1-8H;1-4,6H,5H2;1-5H;2*1-4H;1,3-4H,2H2;2*1H4. The Morgan fingerprint density at radius 3 is 1.27 bits per heavy atom. The Bertz CT molecular complexity index is 3210. The van der Waals surface area contributed by atoms with Gasteiger partial charge in [-0.15, -0.1) is 0 Å². The molecule has 11 aromatic rings. The molecule has 0 saturated carbocycles. The maximum Gasteiger partial charge on any atom is 0.115 e. The number of benzene rings is 8. The molecule has 3 aromatic heterocycles. The Morgan fingerprint density at radius 1 is 0.338 bits per heavy atom. The first kappa shape index (κ1) is 53.9. The van der Waals surface area contributed by atoms with Crippen molar-refractivity contribution < 1.29 is 0 Å². The number of para-hydroxylation sites is 1. The number of hydrogen-bond donors (Lipinski definition) is 0. The van der Waals surface area contributed by atoms with Gasteiger partial charge in [-0.05, 0) is 91.0 Å². The monoisotopic (exact) mass is 967 g/mol. The van der Waals surface area contributed by atoms with Crippen molar-refractivity contribution in [1.82, 2.24) is 24.9 Å². The molecule has 366 valence electrons. The summed E-state index contributed by atoms with van der Waals surface area (Å²) < 4.78 is 0. The van der Waals surface area contributed by atoms with Crippen LogP contribution in [0, 0.1) is 0 Å². The molecule has 0 fully saturated rings. The van der Waals surface area contributed by atoms with Crippen molar-refractivity contribution in [3.05, 3.63) is 285 Å². The van der Waals surface area contributed by atoms with E-state index in [4.69, 9.17) is 0 Å². The van der Waals surface area contributed by atoms with Crippen molar-refractivity contribution in [2.75, 3.05) is 0 Å². The average Bonchev–Trinajstić information content (AvgIpc) is 4.35. The first-order chi connectivity index (χ1) is 35.8. The largest absolute Gasteiger partial charge is 0.269 e. The molecular formula is C66H62N8. The number of fused-ring (bicyclic) bond motifs is 11. The second kappa shape index (κ2) is 30.4. The summed E-state index contributed by atoms with van der Waals surface area (Å²) in [7, 11) is 0. The van der Waals surface area contributed by atoms with Crippen LogP contribution in [0.3, 0.4) is 0 Å². The van der Waals surface area contributed by atoms with E-state index < -0.39 is 0 Å². The lowest BCUT2D eigenvalue weighted by Gasteiger charge is -2.09. The van der Waals surface area contributed by atoms with E-state index in [0.717, 1.165) is 31.4 Å². The van der Waals surface area contributed by atoms with Gasteiger partial charge in [-0.25, -0.2) is 9.97 Å². The van der Waals surface area contributed by atoms with Crippen LogP contribution in [0.2, 0.25) is 0 Å². The van der Waals surface area contributed by atoms with Crippen LogP contribution in [0.15, 0.2) is 277 Å². The highest BCUT2D eigenvalue weighted by atomic mass is 14.8. The maximum atomic E-state index is 4.55. The molecule has 8 nitrogen and oxygen atoms in total. The second-order valence-electron chi connectivity index (χ2n) is 16.2. The lowest BCUT2D eigenvalue weighted by Crippen LogP contribution is -1.85. The molecular weight excluding hydrogens is 905 g/mol. The van der Waals surface area contributed by atoms with E-state index in [2.05, 4.69) is 192 Å². The van der Waals surface area contributed by atoms with Crippen LogP contribution in [-0.4, -0.2) is 43.6 Å². The van der Waals surface area contributed by atoms with Gasteiger partial charge < -0.3 is 0 Å². The SMILES string of the molecule is C.C.C1=CN=CC1.C1=Nc2c(c3ccccc3c3ccccc23)C1.C1=Nc2ccccc2C1.c1ccc2c(c1)Cc1ccccc1-2.c1ccc2ccccc2c1.c1ccncc1.c1cnccn1.c1cncnc1. The Balaban J connectivity index is 0.000000142. The summed E-state index contributed by atoms with van der Waals surface area (Å²) in [6.07, 6.45) is 28.7. The molecule has 8 aromatic carbocycles. The van der Waals surface area contributed by atoms with Crippen LogP contribution in [-0.2, 0) is 19.3 Å². The van der Waals surface area contributed by atoms with Crippen LogP contribution in [0.5, 0.6) is 0 Å². The highest BCUT2D eigenvalue weighted by Gasteiger charge is 2.17. The second-order valence-corrected chi connectivity index (χ2v) is 16.2. The molecule has 4 aliphatic rings. The van der Waals surface area contributed by atoms with Crippen molar-refractivity contribution in [1.29, 1.82) is 0 Å². The fourth-order valence-corrected chi connectivity index (χ4v) is 8.17. The van der Waals surface area contributed by atoms with Crippen LogP contribution in [0.4, 0.5) is 11.4 Å². The molecule has 0 saturated heterocycles. The third-order valence-electron chi connectivity index (χ3n) is 11.5. The molecule has 0 spiro atoms. The predicted molar refractivity (Wildman–Crippen MR) is 314 cm³/mol. The topological polar surface area (TPSA) is 102 Å². The summed E-state index contributed by atoms with van der Waals surface area (Å²) in [5.74, 6) is 0. The van der Waals surface area contributed by atoms with Crippen molar-refractivity contribution in [2.45, 2.75) is 40.5 Å². The number of allylic oxidation sites excluding steroid dienone is 1.